The molecule has 138 valence electrons. The summed E-state index contributed by atoms with van der Waals surface area (Å²) in [5.74, 6) is 0.638. The zero-order valence-corrected chi connectivity index (χ0v) is 15.4. The van der Waals surface area contributed by atoms with E-state index in [9.17, 15) is 9.59 Å². The van der Waals surface area contributed by atoms with Crippen molar-refractivity contribution in [3.63, 3.8) is 0 Å². The van der Waals surface area contributed by atoms with Gasteiger partial charge in [0.15, 0.2) is 0 Å². The Balaban J connectivity index is 1.76. The molecule has 0 aromatic heterocycles. The molecule has 2 aromatic carbocycles. The molecule has 0 aliphatic heterocycles. The van der Waals surface area contributed by atoms with Crippen LogP contribution < -0.4 is 15.4 Å². The predicted octanol–water partition coefficient (Wildman–Crippen LogP) is 2.58. The fourth-order valence-electron chi connectivity index (χ4n) is 2.32. The number of likely N-dealkylation sites (N-methyl/N-ethyl adjacent to an activating group) is 1. The van der Waals surface area contributed by atoms with Gasteiger partial charge in [-0.3, -0.25) is 4.79 Å². The highest BCUT2D eigenvalue weighted by atomic mass is 16.5. The van der Waals surface area contributed by atoms with Gasteiger partial charge < -0.3 is 20.3 Å². The van der Waals surface area contributed by atoms with Gasteiger partial charge in [0.05, 0.1) is 6.54 Å². The monoisotopic (exact) mass is 355 g/mol. The number of aryl methyl sites for hydroxylation is 1. The van der Waals surface area contributed by atoms with Crippen molar-refractivity contribution in [1.29, 1.82) is 0 Å². The van der Waals surface area contributed by atoms with Gasteiger partial charge in [0, 0.05) is 26.2 Å². The van der Waals surface area contributed by atoms with Crippen LogP contribution in [0, 0.1) is 6.92 Å². The lowest BCUT2D eigenvalue weighted by atomic mass is 10.1. The largest absolute Gasteiger partial charge is 0.492 e. The zero-order valence-electron chi connectivity index (χ0n) is 15.4. The zero-order chi connectivity index (χ0) is 18.9. The molecule has 0 aliphatic rings. The second-order valence-electron chi connectivity index (χ2n) is 6.02. The molecule has 2 aromatic rings. The fourth-order valence-corrected chi connectivity index (χ4v) is 2.32. The van der Waals surface area contributed by atoms with Crippen molar-refractivity contribution in [1.82, 2.24) is 15.5 Å². The number of benzene rings is 2. The second kappa shape index (κ2) is 9.46. The number of carbonyl (C=O) groups excluding carboxylic acids is 2. The Morgan fingerprint density at radius 2 is 1.85 bits per heavy atom. The van der Waals surface area contributed by atoms with Gasteiger partial charge in [0.25, 0.3) is 5.91 Å². The molecule has 2 rings (SSSR count). The summed E-state index contributed by atoms with van der Waals surface area (Å²) in [6, 6.07) is 14.8. The third-order valence-electron chi connectivity index (χ3n) is 3.92. The average molecular weight is 355 g/mol. The summed E-state index contributed by atoms with van der Waals surface area (Å²) in [7, 11) is 3.30. The Labute approximate surface area is 154 Å². The van der Waals surface area contributed by atoms with Gasteiger partial charge in [-0.1, -0.05) is 29.8 Å². The predicted molar refractivity (Wildman–Crippen MR) is 101 cm³/mol. The van der Waals surface area contributed by atoms with E-state index < -0.39 is 0 Å². The summed E-state index contributed by atoms with van der Waals surface area (Å²) in [5.41, 5.74) is 2.61. The topological polar surface area (TPSA) is 70.7 Å². The minimum absolute atomic E-state index is 0.149. The SMILES string of the molecule is CNC(=O)c1cccc(CNC(=O)N(C)CCOc2ccc(C)cc2)c1. The van der Waals surface area contributed by atoms with Crippen LogP contribution in [0.4, 0.5) is 4.79 Å². The van der Waals surface area contributed by atoms with Crippen LogP contribution in [0.1, 0.15) is 21.5 Å². The van der Waals surface area contributed by atoms with Crippen LogP contribution in [-0.2, 0) is 6.54 Å². The number of hydrogen-bond donors (Lipinski definition) is 2. The Hall–Kier alpha value is -3.02. The maximum Gasteiger partial charge on any atom is 0.317 e. The van der Waals surface area contributed by atoms with Crippen molar-refractivity contribution in [3.05, 3.63) is 65.2 Å². The Bertz CT molecular complexity index is 744. The van der Waals surface area contributed by atoms with E-state index in [-0.39, 0.29) is 11.9 Å². The van der Waals surface area contributed by atoms with Crippen LogP contribution in [0.3, 0.4) is 0 Å². The maximum atomic E-state index is 12.2. The number of nitrogens with zero attached hydrogens (tertiary/aromatic N) is 1. The van der Waals surface area contributed by atoms with E-state index in [0.29, 0.717) is 25.3 Å². The van der Waals surface area contributed by atoms with Crippen molar-refractivity contribution < 1.29 is 14.3 Å². The molecule has 0 fully saturated rings. The fraction of sp³-hybridized carbons (Fsp3) is 0.300. The summed E-state index contributed by atoms with van der Waals surface area (Å²) in [6.45, 7) is 3.26. The highest BCUT2D eigenvalue weighted by Crippen LogP contribution is 2.11. The molecule has 0 spiro atoms. The first-order chi connectivity index (χ1) is 12.5. The lowest BCUT2D eigenvalue weighted by Crippen LogP contribution is -2.39. The summed E-state index contributed by atoms with van der Waals surface area (Å²) in [4.78, 5) is 25.4. The lowest BCUT2D eigenvalue weighted by molar-refractivity contribution is 0.0963. The van der Waals surface area contributed by atoms with Gasteiger partial charge in [-0.2, -0.15) is 0 Å². The summed E-state index contributed by atoms with van der Waals surface area (Å²) in [5, 5.41) is 5.42. The number of amides is 3. The molecule has 0 aliphatic carbocycles. The third kappa shape index (κ3) is 5.81. The molecule has 26 heavy (non-hydrogen) atoms. The molecule has 3 amide bonds. The Kier molecular flexibility index (Phi) is 7.02. The van der Waals surface area contributed by atoms with Crippen molar-refractivity contribution in [2.24, 2.45) is 0 Å². The number of carbonyl (C=O) groups is 2. The molecule has 0 heterocycles. The van der Waals surface area contributed by atoms with Gasteiger partial charge in [-0.05, 0) is 36.8 Å². The second-order valence-corrected chi connectivity index (χ2v) is 6.02. The minimum Gasteiger partial charge on any atom is -0.492 e. The Morgan fingerprint density at radius 1 is 1.12 bits per heavy atom. The van der Waals surface area contributed by atoms with Crippen LogP contribution in [0.15, 0.2) is 48.5 Å². The smallest absolute Gasteiger partial charge is 0.317 e. The van der Waals surface area contributed by atoms with E-state index in [0.717, 1.165) is 11.3 Å². The van der Waals surface area contributed by atoms with E-state index in [1.165, 1.54) is 5.56 Å². The molecule has 0 saturated heterocycles. The number of urea groups is 1. The molecule has 0 unspecified atom stereocenters. The van der Waals surface area contributed by atoms with Gasteiger partial charge >= 0.3 is 6.03 Å². The van der Waals surface area contributed by atoms with Gasteiger partial charge in [-0.15, -0.1) is 0 Å². The number of hydrogen-bond acceptors (Lipinski definition) is 3. The van der Waals surface area contributed by atoms with Crippen LogP contribution >= 0.6 is 0 Å². The van der Waals surface area contributed by atoms with Gasteiger partial charge in [-0.25, -0.2) is 4.79 Å². The molecule has 6 heteroatoms. The molecule has 0 saturated carbocycles. The number of rotatable bonds is 7. The summed E-state index contributed by atoms with van der Waals surface area (Å²) < 4.78 is 5.63. The molecular formula is C20H25N3O3. The van der Waals surface area contributed by atoms with Crippen molar-refractivity contribution >= 4 is 11.9 Å². The molecular weight excluding hydrogens is 330 g/mol. The first kappa shape index (κ1) is 19.3. The molecule has 0 atom stereocenters. The van der Waals surface area contributed by atoms with Crippen molar-refractivity contribution in [3.8, 4) is 5.75 Å². The van der Waals surface area contributed by atoms with Crippen molar-refractivity contribution in [2.45, 2.75) is 13.5 Å². The van der Waals surface area contributed by atoms with E-state index >= 15 is 0 Å². The standard InChI is InChI=1S/C20H25N3O3/c1-15-7-9-18(10-8-15)26-12-11-23(3)20(25)22-14-16-5-4-6-17(13-16)19(24)21-2/h4-10,13H,11-12,14H2,1-3H3,(H,21,24)(H,22,25). The maximum absolute atomic E-state index is 12.2. The molecule has 6 nitrogen and oxygen atoms in total. The van der Waals surface area contributed by atoms with E-state index in [1.807, 2.05) is 37.3 Å². The van der Waals surface area contributed by atoms with E-state index in [2.05, 4.69) is 10.6 Å². The molecule has 2 N–H and O–H groups in total. The van der Waals surface area contributed by atoms with Gasteiger partial charge in [0.2, 0.25) is 0 Å². The van der Waals surface area contributed by atoms with Crippen molar-refractivity contribution in [2.75, 3.05) is 27.2 Å². The van der Waals surface area contributed by atoms with Crippen LogP contribution in [0.2, 0.25) is 0 Å². The number of nitrogens with one attached hydrogen (secondary N) is 2. The average Bonchev–Trinajstić information content (AvgIpc) is 2.67. The first-order valence-corrected chi connectivity index (χ1v) is 8.49. The molecule has 0 radical (unpaired) electrons. The summed E-state index contributed by atoms with van der Waals surface area (Å²) >= 11 is 0. The van der Waals surface area contributed by atoms with Gasteiger partial charge in [0.1, 0.15) is 12.4 Å². The minimum atomic E-state index is -0.192. The Morgan fingerprint density at radius 3 is 2.54 bits per heavy atom. The van der Waals surface area contributed by atoms with Crippen LogP contribution in [0.25, 0.3) is 0 Å². The van der Waals surface area contributed by atoms with E-state index in [4.69, 9.17) is 4.74 Å². The summed E-state index contributed by atoms with van der Waals surface area (Å²) in [6.07, 6.45) is 0. The van der Waals surface area contributed by atoms with Crippen LogP contribution in [-0.4, -0.2) is 44.1 Å². The van der Waals surface area contributed by atoms with Crippen LogP contribution in [0.5, 0.6) is 5.75 Å². The highest BCUT2D eigenvalue weighted by Gasteiger charge is 2.09. The quantitative estimate of drug-likeness (QED) is 0.802. The lowest BCUT2D eigenvalue weighted by Gasteiger charge is -2.18. The highest BCUT2D eigenvalue weighted by molar-refractivity contribution is 5.94. The molecule has 0 bridgehead atoms. The number of ether oxygens (including phenoxy) is 1. The normalized spacial score (nSPS) is 10.1. The third-order valence-corrected chi connectivity index (χ3v) is 3.92. The van der Waals surface area contributed by atoms with E-state index in [1.54, 1.807) is 37.2 Å². The first-order valence-electron chi connectivity index (χ1n) is 8.49.